The van der Waals surface area contributed by atoms with E-state index in [4.69, 9.17) is 10.5 Å². The fourth-order valence-electron chi connectivity index (χ4n) is 3.50. The molecule has 4 nitrogen and oxygen atoms in total. The minimum absolute atomic E-state index is 0.0117. The van der Waals surface area contributed by atoms with Crippen molar-refractivity contribution in [1.29, 1.82) is 0 Å². The van der Waals surface area contributed by atoms with Gasteiger partial charge in [-0.2, -0.15) is 0 Å². The lowest BCUT2D eigenvalue weighted by atomic mass is 9.99. The summed E-state index contributed by atoms with van der Waals surface area (Å²) in [5, 5.41) is 0. The molecule has 4 heteroatoms. The van der Waals surface area contributed by atoms with Crippen LogP contribution in [-0.4, -0.2) is 67.3 Å². The summed E-state index contributed by atoms with van der Waals surface area (Å²) in [5.74, 6) is 0. The van der Waals surface area contributed by atoms with Gasteiger partial charge in [0.15, 0.2) is 0 Å². The molecule has 1 heterocycles. The van der Waals surface area contributed by atoms with Crippen molar-refractivity contribution in [3.63, 3.8) is 0 Å². The fourth-order valence-corrected chi connectivity index (χ4v) is 3.50. The van der Waals surface area contributed by atoms with E-state index in [1.54, 1.807) is 0 Å². The van der Waals surface area contributed by atoms with E-state index in [2.05, 4.69) is 23.6 Å². The van der Waals surface area contributed by atoms with E-state index >= 15 is 0 Å². The highest BCUT2D eigenvalue weighted by molar-refractivity contribution is 4.92. The number of nitrogens with two attached hydrogens (primary N) is 1. The molecule has 1 saturated carbocycles. The summed E-state index contributed by atoms with van der Waals surface area (Å²) in [7, 11) is 0. The van der Waals surface area contributed by atoms with E-state index in [-0.39, 0.29) is 5.54 Å². The van der Waals surface area contributed by atoms with E-state index in [0.29, 0.717) is 6.54 Å². The number of rotatable bonds is 6. The molecule has 1 aliphatic heterocycles. The van der Waals surface area contributed by atoms with Gasteiger partial charge in [-0.15, -0.1) is 0 Å². The Kier molecular flexibility index (Phi) is 5.63. The highest BCUT2D eigenvalue weighted by atomic mass is 16.5. The molecular formula is C15H31N3O. The second kappa shape index (κ2) is 7.02. The van der Waals surface area contributed by atoms with Gasteiger partial charge in [0.05, 0.1) is 12.1 Å². The Hall–Kier alpha value is -0.160. The molecule has 2 aliphatic rings. The zero-order valence-corrected chi connectivity index (χ0v) is 12.7. The lowest BCUT2D eigenvalue weighted by Gasteiger charge is -2.46. The number of nitrogens with zero attached hydrogens (tertiary/aromatic N) is 2. The highest BCUT2D eigenvalue weighted by Gasteiger charge is 2.35. The largest absolute Gasteiger partial charge is 0.380 e. The van der Waals surface area contributed by atoms with Crippen LogP contribution >= 0.6 is 0 Å². The lowest BCUT2D eigenvalue weighted by molar-refractivity contribution is -0.0211. The first-order valence-corrected chi connectivity index (χ1v) is 7.96. The summed E-state index contributed by atoms with van der Waals surface area (Å²) in [6.45, 7) is 11.2. The van der Waals surface area contributed by atoms with Gasteiger partial charge in [0.2, 0.25) is 0 Å². The molecule has 0 aromatic rings. The standard InChI is InChI=1S/C15H31N3O/c1-3-19-13-15(2,12-16)18-10-8-17(9-11-18)14-6-4-5-7-14/h14H,3-13,16H2,1-2H3. The van der Waals surface area contributed by atoms with E-state index in [1.165, 1.54) is 38.8 Å². The highest BCUT2D eigenvalue weighted by Crippen LogP contribution is 2.26. The summed E-state index contributed by atoms with van der Waals surface area (Å²) in [5.41, 5.74) is 6.01. The third kappa shape index (κ3) is 3.69. The topological polar surface area (TPSA) is 41.7 Å². The van der Waals surface area contributed by atoms with Crippen LogP contribution in [0.25, 0.3) is 0 Å². The summed E-state index contributed by atoms with van der Waals surface area (Å²) in [6.07, 6.45) is 5.67. The smallest absolute Gasteiger partial charge is 0.0659 e. The number of hydrogen-bond donors (Lipinski definition) is 1. The molecule has 0 aromatic heterocycles. The van der Waals surface area contributed by atoms with Gasteiger partial charge in [0, 0.05) is 45.4 Å². The summed E-state index contributed by atoms with van der Waals surface area (Å²) >= 11 is 0. The van der Waals surface area contributed by atoms with Gasteiger partial charge < -0.3 is 10.5 Å². The molecule has 1 aliphatic carbocycles. The van der Waals surface area contributed by atoms with E-state index in [9.17, 15) is 0 Å². The van der Waals surface area contributed by atoms with Gasteiger partial charge in [0.25, 0.3) is 0 Å². The third-order valence-corrected chi connectivity index (χ3v) is 4.98. The average molecular weight is 269 g/mol. The van der Waals surface area contributed by atoms with Crippen LogP contribution in [-0.2, 0) is 4.74 Å². The Labute approximate surface area is 118 Å². The van der Waals surface area contributed by atoms with Crippen molar-refractivity contribution in [2.24, 2.45) is 5.73 Å². The molecule has 2 fully saturated rings. The van der Waals surface area contributed by atoms with Gasteiger partial charge in [-0.05, 0) is 26.7 Å². The average Bonchev–Trinajstić information content (AvgIpc) is 2.99. The Morgan fingerprint density at radius 3 is 2.32 bits per heavy atom. The van der Waals surface area contributed by atoms with Crippen LogP contribution in [0.2, 0.25) is 0 Å². The quantitative estimate of drug-likeness (QED) is 0.789. The summed E-state index contributed by atoms with van der Waals surface area (Å²) in [4.78, 5) is 5.23. The van der Waals surface area contributed by atoms with E-state index < -0.39 is 0 Å². The van der Waals surface area contributed by atoms with Crippen LogP contribution in [0, 0.1) is 0 Å². The zero-order chi connectivity index (χ0) is 13.7. The van der Waals surface area contributed by atoms with Crippen molar-refractivity contribution < 1.29 is 4.74 Å². The van der Waals surface area contributed by atoms with Crippen LogP contribution in [0.1, 0.15) is 39.5 Å². The minimum atomic E-state index is 0.0117. The first-order chi connectivity index (χ1) is 9.19. The van der Waals surface area contributed by atoms with Crippen molar-refractivity contribution in [2.75, 3.05) is 45.9 Å². The van der Waals surface area contributed by atoms with Crippen molar-refractivity contribution in [2.45, 2.75) is 51.1 Å². The van der Waals surface area contributed by atoms with Gasteiger partial charge in [-0.25, -0.2) is 0 Å². The molecule has 2 N–H and O–H groups in total. The molecular weight excluding hydrogens is 238 g/mol. The van der Waals surface area contributed by atoms with Crippen LogP contribution in [0.15, 0.2) is 0 Å². The summed E-state index contributed by atoms with van der Waals surface area (Å²) < 4.78 is 5.63. The number of hydrogen-bond acceptors (Lipinski definition) is 4. The maximum absolute atomic E-state index is 6.00. The Bertz CT molecular complexity index is 260. The SMILES string of the molecule is CCOCC(C)(CN)N1CCN(C2CCCC2)CC1. The Morgan fingerprint density at radius 2 is 1.79 bits per heavy atom. The van der Waals surface area contributed by atoms with Gasteiger partial charge >= 0.3 is 0 Å². The van der Waals surface area contributed by atoms with Crippen molar-refractivity contribution in [3.8, 4) is 0 Å². The second-order valence-electron chi connectivity index (χ2n) is 6.30. The molecule has 112 valence electrons. The van der Waals surface area contributed by atoms with Crippen LogP contribution in [0.4, 0.5) is 0 Å². The van der Waals surface area contributed by atoms with Crippen molar-refractivity contribution in [1.82, 2.24) is 9.80 Å². The zero-order valence-electron chi connectivity index (χ0n) is 12.7. The number of piperazine rings is 1. The predicted octanol–water partition coefficient (Wildman–Crippen LogP) is 1.30. The normalized spacial score (nSPS) is 26.7. The van der Waals surface area contributed by atoms with Crippen LogP contribution < -0.4 is 5.73 Å². The van der Waals surface area contributed by atoms with Crippen LogP contribution in [0.3, 0.4) is 0 Å². The van der Waals surface area contributed by atoms with E-state index in [0.717, 1.165) is 32.3 Å². The van der Waals surface area contributed by atoms with Gasteiger partial charge in [-0.3, -0.25) is 9.80 Å². The lowest BCUT2D eigenvalue weighted by Crippen LogP contribution is -2.61. The first kappa shape index (κ1) is 15.2. The van der Waals surface area contributed by atoms with Gasteiger partial charge in [-0.1, -0.05) is 12.8 Å². The molecule has 0 bridgehead atoms. The molecule has 1 atom stereocenters. The Morgan fingerprint density at radius 1 is 1.16 bits per heavy atom. The molecule has 19 heavy (non-hydrogen) atoms. The van der Waals surface area contributed by atoms with Crippen molar-refractivity contribution >= 4 is 0 Å². The molecule has 0 spiro atoms. The molecule has 1 unspecified atom stereocenters. The molecule has 0 amide bonds. The minimum Gasteiger partial charge on any atom is -0.380 e. The molecule has 2 rings (SSSR count). The first-order valence-electron chi connectivity index (χ1n) is 7.96. The maximum Gasteiger partial charge on any atom is 0.0659 e. The predicted molar refractivity (Wildman–Crippen MR) is 79.4 cm³/mol. The van der Waals surface area contributed by atoms with E-state index in [1.807, 2.05) is 0 Å². The third-order valence-electron chi connectivity index (χ3n) is 4.98. The van der Waals surface area contributed by atoms with Crippen molar-refractivity contribution in [3.05, 3.63) is 0 Å². The second-order valence-corrected chi connectivity index (χ2v) is 6.30. The molecule has 0 aromatic carbocycles. The molecule has 1 saturated heterocycles. The van der Waals surface area contributed by atoms with Gasteiger partial charge in [0.1, 0.15) is 0 Å². The van der Waals surface area contributed by atoms with Crippen LogP contribution in [0.5, 0.6) is 0 Å². The fraction of sp³-hybridized carbons (Fsp3) is 1.00. The monoisotopic (exact) mass is 269 g/mol. The Balaban J connectivity index is 1.83. The maximum atomic E-state index is 6.00. The summed E-state index contributed by atoms with van der Waals surface area (Å²) in [6, 6.07) is 0.859. The number of ether oxygens (including phenoxy) is 1. The molecule has 0 radical (unpaired) electrons.